The number of benzene rings is 1. The van der Waals surface area contributed by atoms with Crippen molar-refractivity contribution >= 4 is 23.8 Å². The largest absolute Gasteiger partial charge is 0.397 e. The Labute approximate surface area is 89.1 Å². The van der Waals surface area contributed by atoms with Crippen LogP contribution in [0.2, 0.25) is 0 Å². The minimum absolute atomic E-state index is 0. The standard InChI is InChI=1S/C10H13FN2.ClH/c11-8-4-5-9(12)10-7(8)3-1-2-6-13-10;/h4-5,13H,1-3,6,12H2;1H. The first-order chi connectivity index (χ1) is 6.29. The third kappa shape index (κ3) is 1.93. The fourth-order valence-corrected chi connectivity index (χ4v) is 1.73. The van der Waals surface area contributed by atoms with Gasteiger partial charge in [-0.15, -0.1) is 12.4 Å². The molecule has 0 amide bonds. The second-order valence-corrected chi connectivity index (χ2v) is 3.37. The zero-order valence-corrected chi connectivity index (χ0v) is 8.66. The van der Waals surface area contributed by atoms with Crippen LogP contribution in [0.25, 0.3) is 0 Å². The van der Waals surface area contributed by atoms with E-state index in [4.69, 9.17) is 5.73 Å². The zero-order chi connectivity index (χ0) is 9.26. The average Bonchev–Trinajstić information content (AvgIpc) is 2.37. The molecule has 0 saturated heterocycles. The molecule has 4 heteroatoms. The summed E-state index contributed by atoms with van der Waals surface area (Å²) in [4.78, 5) is 0. The maximum Gasteiger partial charge on any atom is 0.128 e. The summed E-state index contributed by atoms with van der Waals surface area (Å²) in [5, 5.41) is 3.17. The molecule has 0 spiro atoms. The average molecular weight is 217 g/mol. The molecule has 1 aliphatic rings. The summed E-state index contributed by atoms with van der Waals surface area (Å²) < 4.78 is 13.3. The molecule has 0 aromatic heterocycles. The summed E-state index contributed by atoms with van der Waals surface area (Å²) in [6, 6.07) is 3.06. The summed E-state index contributed by atoms with van der Waals surface area (Å²) in [5.74, 6) is -0.140. The fourth-order valence-electron chi connectivity index (χ4n) is 1.73. The molecule has 0 atom stereocenters. The van der Waals surface area contributed by atoms with E-state index in [0.717, 1.165) is 37.1 Å². The van der Waals surface area contributed by atoms with Crippen molar-refractivity contribution in [1.29, 1.82) is 0 Å². The summed E-state index contributed by atoms with van der Waals surface area (Å²) in [5.41, 5.74) is 7.95. The normalized spacial score (nSPS) is 14.6. The second kappa shape index (κ2) is 4.51. The monoisotopic (exact) mass is 216 g/mol. The molecule has 1 aromatic rings. The van der Waals surface area contributed by atoms with E-state index in [1.165, 1.54) is 6.07 Å². The molecule has 0 unspecified atom stereocenters. The number of rotatable bonds is 0. The lowest BCUT2D eigenvalue weighted by molar-refractivity contribution is 0.607. The first kappa shape index (κ1) is 11.1. The van der Waals surface area contributed by atoms with Crippen molar-refractivity contribution in [2.24, 2.45) is 0 Å². The van der Waals surface area contributed by atoms with Crippen LogP contribution in [-0.2, 0) is 6.42 Å². The van der Waals surface area contributed by atoms with Crippen LogP contribution in [0.5, 0.6) is 0 Å². The topological polar surface area (TPSA) is 38.0 Å². The summed E-state index contributed by atoms with van der Waals surface area (Å²) in [6.07, 6.45) is 2.90. The quantitative estimate of drug-likeness (QED) is 0.655. The second-order valence-electron chi connectivity index (χ2n) is 3.37. The van der Waals surface area contributed by atoms with E-state index in [-0.39, 0.29) is 18.2 Å². The Balaban J connectivity index is 0.000000980. The van der Waals surface area contributed by atoms with Crippen LogP contribution in [0, 0.1) is 5.82 Å². The van der Waals surface area contributed by atoms with Crippen molar-refractivity contribution in [2.45, 2.75) is 19.3 Å². The van der Waals surface area contributed by atoms with E-state index in [0.29, 0.717) is 5.69 Å². The van der Waals surface area contributed by atoms with Gasteiger partial charge in [0.15, 0.2) is 0 Å². The molecule has 0 fully saturated rings. The maximum absolute atomic E-state index is 13.3. The number of nitrogens with two attached hydrogens (primary N) is 1. The molecule has 0 saturated carbocycles. The lowest BCUT2D eigenvalue weighted by Crippen LogP contribution is -2.04. The Hall–Kier alpha value is -0.960. The number of nitrogen functional groups attached to an aromatic ring is 1. The van der Waals surface area contributed by atoms with Crippen molar-refractivity contribution in [3.63, 3.8) is 0 Å². The lowest BCUT2D eigenvalue weighted by atomic mass is 10.1. The van der Waals surface area contributed by atoms with Crippen LogP contribution in [0.4, 0.5) is 15.8 Å². The predicted octanol–water partition coefficient (Wildman–Crippen LogP) is 2.58. The van der Waals surface area contributed by atoms with Crippen LogP contribution in [0.3, 0.4) is 0 Å². The molecule has 0 radical (unpaired) electrons. The van der Waals surface area contributed by atoms with Gasteiger partial charge in [0.2, 0.25) is 0 Å². The number of hydrogen-bond donors (Lipinski definition) is 2. The molecule has 14 heavy (non-hydrogen) atoms. The Morgan fingerprint density at radius 2 is 2.07 bits per heavy atom. The van der Waals surface area contributed by atoms with Gasteiger partial charge < -0.3 is 11.1 Å². The van der Waals surface area contributed by atoms with Crippen molar-refractivity contribution in [2.75, 3.05) is 17.6 Å². The van der Waals surface area contributed by atoms with Gasteiger partial charge in [-0.05, 0) is 31.4 Å². The number of halogens is 2. The third-order valence-corrected chi connectivity index (χ3v) is 2.44. The van der Waals surface area contributed by atoms with E-state index in [1.807, 2.05) is 0 Å². The van der Waals surface area contributed by atoms with Crippen LogP contribution >= 0.6 is 12.4 Å². The number of hydrogen-bond acceptors (Lipinski definition) is 2. The van der Waals surface area contributed by atoms with E-state index >= 15 is 0 Å². The molecule has 3 N–H and O–H groups in total. The molecule has 0 aliphatic carbocycles. The van der Waals surface area contributed by atoms with Crippen molar-refractivity contribution in [1.82, 2.24) is 0 Å². The number of fused-ring (bicyclic) bond motifs is 1. The van der Waals surface area contributed by atoms with Gasteiger partial charge in [0, 0.05) is 12.1 Å². The molecule has 0 bridgehead atoms. The van der Waals surface area contributed by atoms with E-state index < -0.39 is 0 Å². The van der Waals surface area contributed by atoms with Gasteiger partial charge in [0.25, 0.3) is 0 Å². The molecule has 1 aliphatic heterocycles. The SMILES string of the molecule is Cl.Nc1ccc(F)c2c1NCCCC2. The predicted molar refractivity (Wildman–Crippen MR) is 59.5 cm³/mol. The lowest BCUT2D eigenvalue weighted by Gasteiger charge is -2.10. The van der Waals surface area contributed by atoms with Gasteiger partial charge in [-0.3, -0.25) is 0 Å². The maximum atomic E-state index is 13.3. The fraction of sp³-hybridized carbons (Fsp3) is 0.400. The molecule has 1 heterocycles. The van der Waals surface area contributed by atoms with E-state index in [1.54, 1.807) is 6.07 Å². The van der Waals surface area contributed by atoms with E-state index in [9.17, 15) is 4.39 Å². The summed E-state index contributed by atoms with van der Waals surface area (Å²) in [6.45, 7) is 0.890. The van der Waals surface area contributed by atoms with Crippen LogP contribution in [-0.4, -0.2) is 6.54 Å². The Morgan fingerprint density at radius 3 is 2.86 bits per heavy atom. The van der Waals surface area contributed by atoms with Crippen molar-refractivity contribution < 1.29 is 4.39 Å². The Kier molecular flexibility index (Phi) is 3.58. The summed E-state index contributed by atoms with van der Waals surface area (Å²) in [7, 11) is 0. The highest BCUT2D eigenvalue weighted by atomic mass is 35.5. The molecular formula is C10H14ClFN2. The van der Waals surface area contributed by atoms with Crippen molar-refractivity contribution in [3.8, 4) is 0 Å². The number of nitrogens with one attached hydrogen (secondary N) is 1. The zero-order valence-electron chi connectivity index (χ0n) is 7.85. The molecular weight excluding hydrogens is 203 g/mol. The molecule has 2 nitrogen and oxygen atoms in total. The highest BCUT2D eigenvalue weighted by Crippen LogP contribution is 2.29. The molecule has 78 valence electrons. The highest BCUT2D eigenvalue weighted by Gasteiger charge is 2.13. The van der Waals surface area contributed by atoms with Gasteiger partial charge >= 0.3 is 0 Å². The van der Waals surface area contributed by atoms with Gasteiger partial charge in [-0.25, -0.2) is 4.39 Å². The summed E-state index contributed by atoms with van der Waals surface area (Å²) >= 11 is 0. The van der Waals surface area contributed by atoms with Crippen LogP contribution in [0.15, 0.2) is 12.1 Å². The van der Waals surface area contributed by atoms with Gasteiger partial charge in [0.1, 0.15) is 5.82 Å². The van der Waals surface area contributed by atoms with Gasteiger partial charge in [0.05, 0.1) is 11.4 Å². The first-order valence-electron chi connectivity index (χ1n) is 4.60. The molecule has 1 aromatic carbocycles. The highest BCUT2D eigenvalue weighted by molar-refractivity contribution is 5.85. The smallest absolute Gasteiger partial charge is 0.128 e. The van der Waals surface area contributed by atoms with Gasteiger partial charge in [-0.1, -0.05) is 0 Å². The minimum atomic E-state index is -0.140. The van der Waals surface area contributed by atoms with Crippen molar-refractivity contribution in [3.05, 3.63) is 23.5 Å². The first-order valence-corrected chi connectivity index (χ1v) is 4.60. The van der Waals surface area contributed by atoms with Gasteiger partial charge in [-0.2, -0.15) is 0 Å². The molecule has 2 rings (SSSR count). The third-order valence-electron chi connectivity index (χ3n) is 2.44. The minimum Gasteiger partial charge on any atom is -0.397 e. The Morgan fingerprint density at radius 1 is 1.29 bits per heavy atom. The Bertz CT molecular complexity index is 297. The van der Waals surface area contributed by atoms with E-state index in [2.05, 4.69) is 5.32 Å². The van der Waals surface area contributed by atoms with Crippen LogP contribution < -0.4 is 11.1 Å². The van der Waals surface area contributed by atoms with Crippen LogP contribution in [0.1, 0.15) is 18.4 Å². The number of anilines is 2.